The summed E-state index contributed by atoms with van der Waals surface area (Å²) in [5.41, 5.74) is 1.36. The van der Waals surface area contributed by atoms with Crippen LogP contribution in [0.4, 0.5) is 0 Å². The summed E-state index contributed by atoms with van der Waals surface area (Å²) in [4.78, 5) is 4.94. The van der Waals surface area contributed by atoms with Crippen molar-refractivity contribution < 1.29 is 0 Å². The third-order valence-corrected chi connectivity index (χ3v) is 4.64. The van der Waals surface area contributed by atoms with E-state index in [1.165, 1.54) is 12.0 Å². The molecule has 1 aromatic carbocycles. The Hall–Kier alpha value is -0.610. The van der Waals surface area contributed by atoms with Gasteiger partial charge < -0.3 is 10.2 Å². The molecule has 0 amide bonds. The first kappa shape index (κ1) is 16.8. The molecular weight excluding hydrogens is 282 g/mol. The van der Waals surface area contributed by atoms with Gasteiger partial charge in [0.25, 0.3) is 0 Å². The lowest BCUT2D eigenvalue weighted by molar-refractivity contribution is 0.0876. The number of likely N-dealkylation sites (N-methyl/N-ethyl adjacent to an activating group) is 2. The number of benzene rings is 1. The fourth-order valence-corrected chi connectivity index (χ4v) is 3.15. The van der Waals surface area contributed by atoms with Gasteiger partial charge >= 0.3 is 0 Å². The summed E-state index contributed by atoms with van der Waals surface area (Å²) in [5, 5.41) is 4.56. The van der Waals surface area contributed by atoms with Crippen LogP contribution in [0.25, 0.3) is 0 Å². The molecule has 0 radical (unpaired) electrons. The summed E-state index contributed by atoms with van der Waals surface area (Å²) in [6.07, 6.45) is 2.23. The zero-order valence-corrected chi connectivity index (χ0v) is 14.2. The van der Waals surface area contributed by atoms with Crippen molar-refractivity contribution in [3.8, 4) is 0 Å². The average Bonchev–Trinajstić information content (AvgIpc) is 2.48. The molecule has 1 heterocycles. The van der Waals surface area contributed by atoms with Crippen LogP contribution < -0.4 is 5.32 Å². The van der Waals surface area contributed by atoms with Crippen molar-refractivity contribution in [2.24, 2.45) is 0 Å². The van der Waals surface area contributed by atoms with E-state index in [4.69, 9.17) is 11.6 Å². The number of halogens is 1. The molecule has 1 aliphatic heterocycles. The second kappa shape index (κ2) is 8.14. The van der Waals surface area contributed by atoms with E-state index < -0.39 is 0 Å². The Bertz CT molecular complexity index is 421. The molecule has 0 aliphatic carbocycles. The van der Waals surface area contributed by atoms with Crippen LogP contribution in [0.2, 0.25) is 5.02 Å². The van der Waals surface area contributed by atoms with Gasteiger partial charge in [-0.1, -0.05) is 30.7 Å². The van der Waals surface area contributed by atoms with Gasteiger partial charge in [-0.25, -0.2) is 0 Å². The highest BCUT2D eigenvalue weighted by molar-refractivity contribution is 6.30. The van der Waals surface area contributed by atoms with Crippen molar-refractivity contribution in [3.63, 3.8) is 0 Å². The molecule has 118 valence electrons. The van der Waals surface area contributed by atoms with E-state index in [9.17, 15) is 0 Å². The second-order valence-electron chi connectivity index (χ2n) is 6.20. The van der Waals surface area contributed by atoms with Crippen molar-refractivity contribution in [2.75, 3.05) is 40.3 Å². The maximum absolute atomic E-state index is 5.99. The Morgan fingerprint density at radius 2 is 1.95 bits per heavy atom. The van der Waals surface area contributed by atoms with Crippen LogP contribution in [-0.2, 0) is 6.42 Å². The fraction of sp³-hybridized carbons (Fsp3) is 0.647. The minimum Gasteiger partial charge on any atom is -0.312 e. The molecular formula is C17H28ClN3. The van der Waals surface area contributed by atoms with Gasteiger partial charge in [-0.05, 0) is 51.2 Å². The summed E-state index contributed by atoms with van der Waals surface area (Å²) in [6, 6.07) is 9.32. The van der Waals surface area contributed by atoms with E-state index in [0.29, 0.717) is 12.1 Å². The largest absolute Gasteiger partial charge is 0.312 e. The predicted molar refractivity (Wildman–Crippen MR) is 91.2 cm³/mol. The van der Waals surface area contributed by atoms with Gasteiger partial charge in [0.05, 0.1) is 0 Å². The quantitative estimate of drug-likeness (QED) is 0.871. The molecule has 2 unspecified atom stereocenters. The first-order chi connectivity index (χ1) is 10.1. The van der Waals surface area contributed by atoms with Crippen molar-refractivity contribution >= 4 is 11.6 Å². The van der Waals surface area contributed by atoms with Crippen molar-refractivity contribution in [1.29, 1.82) is 0 Å². The molecule has 1 N–H and O–H groups in total. The zero-order chi connectivity index (χ0) is 15.2. The highest BCUT2D eigenvalue weighted by Crippen LogP contribution is 2.16. The first-order valence-electron chi connectivity index (χ1n) is 7.96. The number of hydrogen-bond donors (Lipinski definition) is 1. The molecule has 4 heteroatoms. The van der Waals surface area contributed by atoms with Gasteiger partial charge in [-0.2, -0.15) is 0 Å². The Balaban J connectivity index is 2.07. The summed E-state index contributed by atoms with van der Waals surface area (Å²) in [7, 11) is 4.47. The van der Waals surface area contributed by atoms with Gasteiger partial charge in [-0.3, -0.25) is 4.90 Å². The van der Waals surface area contributed by atoms with Crippen molar-refractivity contribution in [1.82, 2.24) is 15.1 Å². The van der Waals surface area contributed by atoms with E-state index in [-0.39, 0.29) is 0 Å². The standard InChI is InChI=1S/C17H28ClN3/c1-4-9-19-16(12-14-5-7-15(18)8-6-14)17-13-20(2)10-11-21(17)3/h5-8,16-17,19H,4,9-13H2,1-3H3. The van der Waals surface area contributed by atoms with Crippen LogP contribution >= 0.6 is 11.6 Å². The van der Waals surface area contributed by atoms with Crippen molar-refractivity contribution in [2.45, 2.75) is 31.8 Å². The molecule has 21 heavy (non-hydrogen) atoms. The molecule has 0 saturated carbocycles. The Labute approximate surface area is 134 Å². The third kappa shape index (κ3) is 4.96. The minimum atomic E-state index is 0.485. The van der Waals surface area contributed by atoms with Gasteiger partial charge in [0.1, 0.15) is 0 Å². The van der Waals surface area contributed by atoms with E-state index in [1.807, 2.05) is 12.1 Å². The summed E-state index contributed by atoms with van der Waals surface area (Å²) in [6.45, 7) is 6.74. The van der Waals surface area contributed by atoms with Crippen LogP contribution in [0.3, 0.4) is 0 Å². The Morgan fingerprint density at radius 1 is 1.24 bits per heavy atom. The lowest BCUT2D eigenvalue weighted by Crippen LogP contribution is -2.59. The molecule has 2 rings (SSSR count). The lowest BCUT2D eigenvalue weighted by Gasteiger charge is -2.42. The maximum Gasteiger partial charge on any atom is 0.0406 e. The molecule has 2 atom stereocenters. The molecule has 3 nitrogen and oxygen atoms in total. The lowest BCUT2D eigenvalue weighted by atomic mass is 9.96. The van der Waals surface area contributed by atoms with Gasteiger partial charge in [0, 0.05) is 36.7 Å². The third-order valence-electron chi connectivity index (χ3n) is 4.39. The monoisotopic (exact) mass is 309 g/mol. The summed E-state index contributed by atoms with van der Waals surface area (Å²) in [5.74, 6) is 0. The SMILES string of the molecule is CCCNC(Cc1ccc(Cl)cc1)C1CN(C)CCN1C. The number of rotatable bonds is 6. The van der Waals surface area contributed by atoms with E-state index >= 15 is 0 Å². The molecule has 1 saturated heterocycles. The van der Waals surface area contributed by atoms with Crippen LogP contribution in [0.5, 0.6) is 0 Å². The Morgan fingerprint density at radius 3 is 2.62 bits per heavy atom. The number of piperazine rings is 1. The van der Waals surface area contributed by atoms with E-state index in [2.05, 4.69) is 48.3 Å². The van der Waals surface area contributed by atoms with Gasteiger partial charge in [-0.15, -0.1) is 0 Å². The summed E-state index contributed by atoms with van der Waals surface area (Å²) >= 11 is 5.99. The smallest absolute Gasteiger partial charge is 0.0406 e. The molecule has 1 aliphatic rings. The first-order valence-corrected chi connectivity index (χ1v) is 8.34. The molecule has 1 aromatic rings. The number of hydrogen-bond acceptors (Lipinski definition) is 3. The molecule has 0 bridgehead atoms. The second-order valence-corrected chi connectivity index (χ2v) is 6.64. The highest BCUT2D eigenvalue weighted by atomic mass is 35.5. The highest BCUT2D eigenvalue weighted by Gasteiger charge is 2.29. The van der Waals surface area contributed by atoms with Gasteiger partial charge in [0.2, 0.25) is 0 Å². The zero-order valence-electron chi connectivity index (χ0n) is 13.5. The van der Waals surface area contributed by atoms with E-state index in [1.54, 1.807) is 0 Å². The maximum atomic E-state index is 5.99. The predicted octanol–water partition coefficient (Wildman–Crippen LogP) is 2.50. The fourth-order valence-electron chi connectivity index (χ4n) is 3.03. The molecule has 0 aromatic heterocycles. The minimum absolute atomic E-state index is 0.485. The van der Waals surface area contributed by atoms with Gasteiger partial charge in [0.15, 0.2) is 0 Å². The molecule has 0 spiro atoms. The number of nitrogens with one attached hydrogen (secondary N) is 1. The van der Waals surface area contributed by atoms with Crippen LogP contribution in [0, 0.1) is 0 Å². The van der Waals surface area contributed by atoms with Crippen molar-refractivity contribution in [3.05, 3.63) is 34.9 Å². The summed E-state index contributed by atoms with van der Waals surface area (Å²) < 4.78 is 0. The van der Waals surface area contributed by atoms with E-state index in [0.717, 1.165) is 37.6 Å². The van der Waals surface area contributed by atoms with Crippen LogP contribution in [-0.4, -0.2) is 62.2 Å². The average molecular weight is 310 g/mol. The topological polar surface area (TPSA) is 18.5 Å². The Kier molecular flexibility index (Phi) is 6.49. The van der Waals surface area contributed by atoms with Crippen LogP contribution in [0.1, 0.15) is 18.9 Å². The normalized spacial score (nSPS) is 22.4. The van der Waals surface area contributed by atoms with Crippen LogP contribution in [0.15, 0.2) is 24.3 Å². The number of nitrogens with zero attached hydrogens (tertiary/aromatic N) is 2. The molecule has 1 fully saturated rings.